The van der Waals surface area contributed by atoms with E-state index >= 15 is 0 Å². The topological polar surface area (TPSA) is 42.1 Å². The zero-order valence-electron chi connectivity index (χ0n) is 11.1. The molecule has 0 aliphatic heterocycles. The molecule has 0 spiro atoms. The Morgan fingerprint density at radius 1 is 1.17 bits per heavy atom. The van der Waals surface area contributed by atoms with Crippen LogP contribution in [-0.4, -0.2) is 29.0 Å². The molecule has 0 amide bonds. The van der Waals surface area contributed by atoms with E-state index in [0.29, 0.717) is 12.6 Å². The summed E-state index contributed by atoms with van der Waals surface area (Å²) in [7, 11) is 0. The molecule has 1 aromatic carbocycles. The van der Waals surface area contributed by atoms with E-state index in [2.05, 4.69) is 43.0 Å². The van der Waals surface area contributed by atoms with Crippen molar-refractivity contribution in [2.75, 3.05) is 13.1 Å². The number of rotatable bonds is 5. The van der Waals surface area contributed by atoms with Crippen molar-refractivity contribution in [1.82, 2.24) is 9.88 Å². The Bertz CT molecular complexity index is 508. The molecule has 1 heterocycles. The molecule has 1 aromatic heterocycles. The number of pyridine rings is 1. The third-order valence-electron chi connectivity index (χ3n) is 3.17. The zero-order chi connectivity index (χ0) is 13.0. The fourth-order valence-corrected chi connectivity index (χ4v) is 2.09. The van der Waals surface area contributed by atoms with Crippen LogP contribution in [0.3, 0.4) is 0 Å². The van der Waals surface area contributed by atoms with Gasteiger partial charge in [-0.2, -0.15) is 0 Å². The van der Waals surface area contributed by atoms with Crippen LogP contribution in [-0.2, 0) is 6.54 Å². The van der Waals surface area contributed by atoms with Crippen LogP contribution in [0.4, 0.5) is 0 Å². The largest absolute Gasteiger partial charge is 0.329 e. The molecule has 0 unspecified atom stereocenters. The van der Waals surface area contributed by atoms with Gasteiger partial charge in [-0.1, -0.05) is 24.3 Å². The lowest BCUT2D eigenvalue weighted by atomic mass is 10.2. The molecule has 2 N–H and O–H groups in total. The van der Waals surface area contributed by atoms with Crippen LogP contribution in [0.25, 0.3) is 10.9 Å². The number of para-hydroxylation sites is 1. The summed E-state index contributed by atoms with van der Waals surface area (Å²) in [6.07, 6.45) is 0. The lowest BCUT2D eigenvalue weighted by Gasteiger charge is -2.25. The third-order valence-corrected chi connectivity index (χ3v) is 3.17. The molecule has 0 saturated heterocycles. The standard InChI is InChI=1S/C15H21N3/c1-12(2)18(10-9-16)11-14-8-7-13-5-3-4-6-15(13)17-14/h3-8,12H,9-11,16H2,1-2H3. The molecule has 2 rings (SSSR count). The molecule has 0 aliphatic rings. The van der Waals surface area contributed by atoms with Gasteiger partial charge in [0.1, 0.15) is 0 Å². The highest BCUT2D eigenvalue weighted by Gasteiger charge is 2.10. The molecule has 0 saturated carbocycles. The van der Waals surface area contributed by atoms with Crippen LogP contribution in [0, 0.1) is 0 Å². The summed E-state index contributed by atoms with van der Waals surface area (Å²) >= 11 is 0. The zero-order valence-corrected chi connectivity index (χ0v) is 11.1. The van der Waals surface area contributed by atoms with Gasteiger partial charge < -0.3 is 5.73 Å². The lowest BCUT2D eigenvalue weighted by molar-refractivity contribution is 0.217. The van der Waals surface area contributed by atoms with Crippen LogP contribution >= 0.6 is 0 Å². The van der Waals surface area contributed by atoms with Gasteiger partial charge in [0.15, 0.2) is 0 Å². The van der Waals surface area contributed by atoms with Crippen LogP contribution < -0.4 is 5.73 Å². The quantitative estimate of drug-likeness (QED) is 0.877. The van der Waals surface area contributed by atoms with E-state index in [1.54, 1.807) is 0 Å². The van der Waals surface area contributed by atoms with Gasteiger partial charge in [-0.25, -0.2) is 0 Å². The SMILES string of the molecule is CC(C)N(CCN)Cc1ccc2ccccc2n1. The Hall–Kier alpha value is -1.45. The minimum atomic E-state index is 0.488. The monoisotopic (exact) mass is 243 g/mol. The minimum absolute atomic E-state index is 0.488. The number of aromatic nitrogens is 1. The summed E-state index contributed by atoms with van der Waals surface area (Å²) in [6, 6.07) is 12.9. The summed E-state index contributed by atoms with van der Waals surface area (Å²) in [4.78, 5) is 7.04. The maximum absolute atomic E-state index is 5.65. The van der Waals surface area contributed by atoms with Crippen molar-refractivity contribution in [3.63, 3.8) is 0 Å². The summed E-state index contributed by atoms with van der Waals surface area (Å²) in [5, 5.41) is 1.19. The fourth-order valence-electron chi connectivity index (χ4n) is 2.09. The summed E-state index contributed by atoms with van der Waals surface area (Å²) < 4.78 is 0. The van der Waals surface area contributed by atoms with Gasteiger partial charge in [-0.05, 0) is 26.0 Å². The Morgan fingerprint density at radius 2 is 1.94 bits per heavy atom. The maximum Gasteiger partial charge on any atom is 0.0705 e. The van der Waals surface area contributed by atoms with Gasteiger partial charge >= 0.3 is 0 Å². The van der Waals surface area contributed by atoms with Gasteiger partial charge in [0.25, 0.3) is 0 Å². The van der Waals surface area contributed by atoms with Crippen molar-refractivity contribution in [1.29, 1.82) is 0 Å². The highest BCUT2D eigenvalue weighted by atomic mass is 15.2. The second-order valence-corrected chi connectivity index (χ2v) is 4.85. The third kappa shape index (κ3) is 3.06. The summed E-state index contributed by atoms with van der Waals surface area (Å²) in [5.41, 5.74) is 7.82. The van der Waals surface area contributed by atoms with Gasteiger partial charge in [-0.15, -0.1) is 0 Å². The number of hydrogen-bond acceptors (Lipinski definition) is 3. The van der Waals surface area contributed by atoms with Gasteiger partial charge in [0.05, 0.1) is 11.2 Å². The van der Waals surface area contributed by atoms with Crippen molar-refractivity contribution in [2.24, 2.45) is 5.73 Å². The molecule has 96 valence electrons. The van der Waals surface area contributed by atoms with Crippen molar-refractivity contribution in [2.45, 2.75) is 26.4 Å². The predicted molar refractivity (Wildman–Crippen MR) is 76.3 cm³/mol. The Balaban J connectivity index is 2.20. The number of benzene rings is 1. The molecule has 3 heteroatoms. The van der Waals surface area contributed by atoms with E-state index in [9.17, 15) is 0 Å². The summed E-state index contributed by atoms with van der Waals surface area (Å²) in [5.74, 6) is 0. The molecular formula is C15H21N3. The minimum Gasteiger partial charge on any atom is -0.329 e. The number of fused-ring (bicyclic) bond motifs is 1. The van der Waals surface area contributed by atoms with E-state index < -0.39 is 0 Å². The smallest absolute Gasteiger partial charge is 0.0705 e. The van der Waals surface area contributed by atoms with Crippen molar-refractivity contribution in [3.05, 3.63) is 42.1 Å². The molecule has 0 bridgehead atoms. The van der Waals surface area contributed by atoms with E-state index in [4.69, 9.17) is 10.7 Å². The first-order valence-electron chi connectivity index (χ1n) is 6.49. The highest BCUT2D eigenvalue weighted by Crippen LogP contribution is 2.13. The van der Waals surface area contributed by atoms with Crippen LogP contribution in [0.2, 0.25) is 0 Å². The van der Waals surface area contributed by atoms with Gasteiger partial charge in [-0.3, -0.25) is 9.88 Å². The highest BCUT2D eigenvalue weighted by molar-refractivity contribution is 5.78. The molecule has 3 nitrogen and oxygen atoms in total. The van der Waals surface area contributed by atoms with E-state index in [1.165, 1.54) is 5.39 Å². The van der Waals surface area contributed by atoms with Crippen molar-refractivity contribution >= 4 is 10.9 Å². The van der Waals surface area contributed by atoms with Gasteiger partial charge in [0, 0.05) is 31.1 Å². The molecule has 0 aliphatic carbocycles. The maximum atomic E-state index is 5.65. The second-order valence-electron chi connectivity index (χ2n) is 4.85. The molecule has 0 radical (unpaired) electrons. The molecule has 0 fully saturated rings. The second kappa shape index (κ2) is 5.94. The van der Waals surface area contributed by atoms with Crippen LogP contribution in [0.5, 0.6) is 0 Å². The first-order chi connectivity index (χ1) is 8.70. The van der Waals surface area contributed by atoms with E-state index in [1.807, 2.05) is 12.1 Å². The molecule has 0 atom stereocenters. The molecule has 2 aromatic rings. The average molecular weight is 243 g/mol. The Labute approximate surface area is 109 Å². The first-order valence-corrected chi connectivity index (χ1v) is 6.49. The van der Waals surface area contributed by atoms with Crippen LogP contribution in [0.15, 0.2) is 36.4 Å². The van der Waals surface area contributed by atoms with E-state index in [-0.39, 0.29) is 0 Å². The van der Waals surface area contributed by atoms with Crippen LogP contribution in [0.1, 0.15) is 19.5 Å². The van der Waals surface area contributed by atoms with Gasteiger partial charge in [0.2, 0.25) is 0 Å². The molecule has 18 heavy (non-hydrogen) atoms. The Morgan fingerprint density at radius 3 is 2.67 bits per heavy atom. The van der Waals surface area contributed by atoms with E-state index in [0.717, 1.165) is 24.3 Å². The van der Waals surface area contributed by atoms with Crippen molar-refractivity contribution < 1.29 is 0 Å². The molecular weight excluding hydrogens is 222 g/mol. The van der Waals surface area contributed by atoms with Crippen molar-refractivity contribution in [3.8, 4) is 0 Å². The fraction of sp³-hybridized carbons (Fsp3) is 0.400. The average Bonchev–Trinajstić information content (AvgIpc) is 2.38. The number of nitrogens with zero attached hydrogens (tertiary/aromatic N) is 2. The normalized spacial score (nSPS) is 11.6. The predicted octanol–water partition coefficient (Wildman–Crippen LogP) is 2.40. The lowest BCUT2D eigenvalue weighted by Crippen LogP contribution is -2.35. The summed E-state index contributed by atoms with van der Waals surface area (Å²) in [6.45, 7) is 6.84. The first kappa shape index (κ1) is 13.0. The number of nitrogens with two attached hydrogens (primary N) is 1. The Kier molecular flexibility index (Phi) is 4.28. The number of hydrogen-bond donors (Lipinski definition) is 1.